The van der Waals surface area contributed by atoms with Crippen LogP contribution in [-0.4, -0.2) is 20.3 Å². The molecule has 1 aromatic heterocycles. The Bertz CT molecular complexity index is 693. The predicted octanol–water partition coefficient (Wildman–Crippen LogP) is 6.23. The number of hydrogen-bond acceptors (Lipinski definition) is 3. The van der Waals surface area contributed by atoms with Crippen LogP contribution in [0.1, 0.15) is 57.4 Å². The summed E-state index contributed by atoms with van der Waals surface area (Å²) in [6.07, 6.45) is 13.5. The van der Waals surface area contributed by atoms with E-state index in [1.165, 1.54) is 42.5 Å². The Morgan fingerprint density at radius 3 is 2.44 bits per heavy atom. The van der Waals surface area contributed by atoms with Crippen LogP contribution in [0.5, 0.6) is 11.8 Å². The highest BCUT2D eigenvalue weighted by Crippen LogP contribution is 2.25. The van der Waals surface area contributed by atoms with E-state index >= 15 is 0 Å². The highest BCUT2D eigenvalue weighted by atomic mass is 35.5. The molecule has 0 saturated heterocycles. The smallest absolute Gasteiger partial charge is 0.213 e. The van der Waals surface area contributed by atoms with Crippen molar-refractivity contribution in [2.45, 2.75) is 63.7 Å². The van der Waals surface area contributed by atoms with E-state index in [2.05, 4.69) is 24.5 Å². The summed E-state index contributed by atoms with van der Waals surface area (Å²) in [6, 6.07) is 10.7. The average Bonchev–Trinajstić information content (AvgIpc) is 2.97. The van der Waals surface area contributed by atoms with Crippen molar-refractivity contribution < 1.29 is 10.2 Å². The minimum atomic E-state index is -0.0474. The number of aromatic nitrogens is 1. The fourth-order valence-corrected chi connectivity index (χ4v) is 3.29. The van der Waals surface area contributed by atoms with Crippen LogP contribution in [0.4, 0.5) is 5.69 Å². The van der Waals surface area contributed by atoms with Gasteiger partial charge in [0.15, 0.2) is 0 Å². The van der Waals surface area contributed by atoms with Crippen LogP contribution in [0, 0.1) is 0 Å². The number of nitrogens with one attached hydrogen (secondary N) is 1. The molecule has 2 rings (SSSR count). The minimum Gasteiger partial charge on any atom is -0.493 e. The van der Waals surface area contributed by atoms with Crippen molar-refractivity contribution in [3.05, 3.63) is 54.1 Å². The SMILES string of the molecule is CCCCCCC=CCCC(Cl)Cc1ccccc1Nn1c(O)ccc1O. The summed E-state index contributed by atoms with van der Waals surface area (Å²) in [4.78, 5) is 0. The van der Waals surface area contributed by atoms with Gasteiger partial charge >= 0.3 is 0 Å². The Morgan fingerprint density at radius 2 is 1.70 bits per heavy atom. The number of aromatic hydroxyl groups is 2. The first-order valence-electron chi connectivity index (χ1n) is 9.85. The van der Waals surface area contributed by atoms with Crippen LogP contribution < -0.4 is 5.43 Å². The lowest BCUT2D eigenvalue weighted by molar-refractivity contribution is 0.393. The van der Waals surface area contributed by atoms with Crippen molar-refractivity contribution in [3.8, 4) is 11.8 Å². The molecule has 0 aliphatic carbocycles. The molecular weight excluding hydrogens is 360 g/mol. The van der Waals surface area contributed by atoms with Gasteiger partial charge < -0.3 is 10.2 Å². The van der Waals surface area contributed by atoms with Crippen LogP contribution in [-0.2, 0) is 6.42 Å². The fraction of sp³-hybridized carbons (Fsp3) is 0.455. The molecule has 1 unspecified atom stereocenters. The largest absolute Gasteiger partial charge is 0.493 e. The third kappa shape index (κ3) is 7.22. The van der Waals surface area contributed by atoms with Crippen molar-refractivity contribution in [2.24, 2.45) is 0 Å². The summed E-state index contributed by atoms with van der Waals surface area (Å²) in [6.45, 7) is 2.23. The van der Waals surface area contributed by atoms with Gasteiger partial charge in [-0.15, -0.1) is 11.6 Å². The number of anilines is 1. The zero-order valence-corrected chi connectivity index (χ0v) is 16.8. The maximum Gasteiger partial charge on any atom is 0.213 e. The van der Waals surface area contributed by atoms with Crippen molar-refractivity contribution in [1.82, 2.24) is 4.68 Å². The lowest BCUT2D eigenvalue weighted by Crippen LogP contribution is -2.11. The predicted molar refractivity (Wildman–Crippen MR) is 114 cm³/mol. The summed E-state index contributed by atoms with van der Waals surface area (Å²) in [5.74, 6) is -0.0948. The van der Waals surface area contributed by atoms with E-state index in [1.807, 2.05) is 24.3 Å². The van der Waals surface area contributed by atoms with Gasteiger partial charge in [-0.05, 0) is 43.7 Å². The van der Waals surface area contributed by atoms with Crippen molar-refractivity contribution in [1.29, 1.82) is 0 Å². The quantitative estimate of drug-likeness (QED) is 0.228. The average molecular weight is 391 g/mol. The van der Waals surface area contributed by atoms with Crippen LogP contribution in [0.3, 0.4) is 0 Å². The molecule has 0 amide bonds. The second-order valence-electron chi connectivity index (χ2n) is 6.85. The number of allylic oxidation sites excluding steroid dienone is 2. The Morgan fingerprint density at radius 1 is 1.00 bits per heavy atom. The van der Waals surface area contributed by atoms with E-state index < -0.39 is 0 Å². The zero-order valence-electron chi connectivity index (χ0n) is 16.1. The molecule has 1 atom stereocenters. The summed E-state index contributed by atoms with van der Waals surface area (Å²) in [7, 11) is 0. The van der Waals surface area contributed by atoms with Gasteiger partial charge in [-0.25, -0.2) is 0 Å². The Kier molecular flexibility index (Phi) is 9.12. The second kappa shape index (κ2) is 11.6. The van der Waals surface area contributed by atoms with E-state index in [1.54, 1.807) is 0 Å². The molecule has 0 bridgehead atoms. The highest BCUT2D eigenvalue weighted by Gasteiger charge is 2.11. The molecule has 5 heteroatoms. The molecule has 0 fully saturated rings. The summed E-state index contributed by atoms with van der Waals surface area (Å²) < 4.78 is 1.24. The maximum absolute atomic E-state index is 9.81. The molecule has 0 spiro atoms. The molecule has 0 saturated carbocycles. The topological polar surface area (TPSA) is 57.4 Å². The minimum absolute atomic E-state index is 0.0320. The van der Waals surface area contributed by atoms with Gasteiger partial charge in [0, 0.05) is 17.5 Å². The number of halogens is 1. The van der Waals surface area contributed by atoms with Crippen molar-refractivity contribution in [2.75, 3.05) is 5.43 Å². The van der Waals surface area contributed by atoms with Gasteiger partial charge in [0.25, 0.3) is 0 Å². The monoisotopic (exact) mass is 390 g/mol. The molecule has 0 aliphatic rings. The first kappa shape index (κ1) is 21.2. The first-order chi connectivity index (χ1) is 13.1. The van der Waals surface area contributed by atoms with E-state index in [0.29, 0.717) is 0 Å². The number of para-hydroxylation sites is 1. The molecule has 3 N–H and O–H groups in total. The highest BCUT2D eigenvalue weighted by molar-refractivity contribution is 6.20. The van der Waals surface area contributed by atoms with Crippen LogP contribution in [0.15, 0.2) is 48.6 Å². The van der Waals surface area contributed by atoms with E-state index in [4.69, 9.17) is 11.6 Å². The van der Waals surface area contributed by atoms with Gasteiger partial charge in [0.1, 0.15) is 0 Å². The molecule has 2 aromatic rings. The van der Waals surface area contributed by atoms with Gasteiger partial charge in [0.2, 0.25) is 11.8 Å². The molecule has 27 heavy (non-hydrogen) atoms. The number of unbranched alkanes of at least 4 members (excludes halogenated alkanes) is 4. The summed E-state index contributed by atoms with van der Waals surface area (Å²) in [5, 5.41) is 19.6. The van der Waals surface area contributed by atoms with Crippen LogP contribution in [0.25, 0.3) is 0 Å². The van der Waals surface area contributed by atoms with Crippen molar-refractivity contribution in [3.63, 3.8) is 0 Å². The second-order valence-corrected chi connectivity index (χ2v) is 7.47. The molecule has 0 aliphatic heterocycles. The zero-order chi connectivity index (χ0) is 19.5. The third-order valence-corrected chi connectivity index (χ3v) is 4.94. The number of alkyl halides is 1. The summed E-state index contributed by atoms with van der Waals surface area (Å²) >= 11 is 6.55. The first-order valence-corrected chi connectivity index (χ1v) is 10.3. The molecule has 4 nitrogen and oxygen atoms in total. The Labute approximate surface area is 167 Å². The van der Waals surface area contributed by atoms with Crippen LogP contribution in [0.2, 0.25) is 0 Å². The van der Waals surface area contributed by atoms with Gasteiger partial charge in [-0.1, -0.05) is 56.5 Å². The summed E-state index contributed by atoms with van der Waals surface area (Å²) in [5.41, 5.74) is 4.90. The van der Waals surface area contributed by atoms with Gasteiger partial charge in [0.05, 0.1) is 5.69 Å². The number of benzene rings is 1. The van der Waals surface area contributed by atoms with Crippen LogP contribution >= 0.6 is 11.6 Å². The number of hydrogen-bond donors (Lipinski definition) is 3. The van der Waals surface area contributed by atoms with E-state index in [9.17, 15) is 10.2 Å². The van der Waals surface area contributed by atoms with E-state index in [-0.39, 0.29) is 17.1 Å². The molecule has 148 valence electrons. The molecule has 1 heterocycles. The van der Waals surface area contributed by atoms with Crippen molar-refractivity contribution >= 4 is 17.3 Å². The number of nitrogens with zero attached hydrogens (tertiary/aromatic N) is 1. The third-order valence-electron chi connectivity index (χ3n) is 4.57. The Hall–Kier alpha value is -2.07. The lowest BCUT2D eigenvalue weighted by atomic mass is 10.0. The standard InChI is InChI=1S/C22H31ClN2O2/c1-2-3-4-5-6-7-8-9-13-19(23)17-18-12-10-11-14-20(18)24-25-21(26)15-16-22(25)27/h7-8,10-12,14-16,19,24,26-27H,2-6,9,13,17H2,1H3. The number of rotatable bonds is 12. The van der Waals surface area contributed by atoms with Gasteiger partial charge in [-0.2, -0.15) is 4.68 Å². The maximum atomic E-state index is 9.81. The van der Waals surface area contributed by atoms with Gasteiger partial charge in [-0.3, -0.25) is 5.43 Å². The van der Waals surface area contributed by atoms with E-state index in [0.717, 1.165) is 36.9 Å². The lowest BCUT2D eigenvalue weighted by Gasteiger charge is -2.16. The normalized spacial score (nSPS) is 12.5. The fourth-order valence-electron chi connectivity index (χ4n) is 3.00. The Balaban J connectivity index is 1.82. The molecular formula is C22H31ClN2O2. The molecule has 0 radical (unpaired) electrons. The molecule has 1 aromatic carbocycles.